The fraction of sp³-hybridized carbons (Fsp3) is 0.269. The second kappa shape index (κ2) is 10.5. The van der Waals surface area contributed by atoms with Gasteiger partial charge in [0.15, 0.2) is 0 Å². The topological polar surface area (TPSA) is 144 Å². The predicted molar refractivity (Wildman–Crippen MR) is 141 cm³/mol. The Morgan fingerprint density at radius 1 is 1.11 bits per heavy atom. The van der Waals surface area contributed by atoms with Crippen molar-refractivity contribution in [1.29, 1.82) is 0 Å². The van der Waals surface area contributed by atoms with E-state index in [2.05, 4.69) is 20.8 Å². The number of pyridine rings is 1. The van der Waals surface area contributed by atoms with E-state index in [-0.39, 0.29) is 30.9 Å². The smallest absolute Gasteiger partial charge is 0.407 e. The van der Waals surface area contributed by atoms with Gasteiger partial charge >= 0.3 is 6.09 Å². The summed E-state index contributed by atoms with van der Waals surface area (Å²) in [6.07, 6.45) is 2.92. The Morgan fingerprint density at radius 2 is 1.89 bits per heavy atom. The molecule has 0 bridgehead atoms. The highest BCUT2D eigenvalue weighted by Gasteiger charge is 2.17. The number of carbonyl (C=O) groups is 1. The molecule has 0 spiro atoms. The van der Waals surface area contributed by atoms with E-state index in [0.29, 0.717) is 11.3 Å². The molecule has 1 amide bonds. The maximum absolute atomic E-state index is 12.5. The number of H-pyrrole nitrogens is 1. The average molecular weight is 505 g/mol. The van der Waals surface area contributed by atoms with Gasteiger partial charge in [0.2, 0.25) is 0 Å². The number of hydrogen-bond acceptors (Lipinski definition) is 7. The van der Waals surface area contributed by atoms with Crippen molar-refractivity contribution >= 4 is 28.4 Å². The molecule has 2 heterocycles. The second-order valence-electron chi connectivity index (χ2n) is 9.52. The number of carbonyl (C=O) groups excluding carboxylic acids is 1. The molecular formula is C26H28N6O5. The van der Waals surface area contributed by atoms with Crippen molar-refractivity contribution in [1.82, 2.24) is 20.1 Å². The predicted octanol–water partition coefficient (Wildman–Crippen LogP) is 4.28. The number of rotatable bonds is 8. The SMILES string of the molecule is CC(C)(C)OC(=O)NCCNc1ccc(Cn2cc(-c3ccc4cn[nH]c4c3)ccc2=O)cc1[N+](=O)[O-]. The van der Waals surface area contributed by atoms with Crippen LogP contribution in [0, 0.1) is 10.1 Å². The highest BCUT2D eigenvalue weighted by Crippen LogP contribution is 2.26. The molecule has 2 aromatic carbocycles. The summed E-state index contributed by atoms with van der Waals surface area (Å²) in [5.41, 5.74) is 2.60. The van der Waals surface area contributed by atoms with Crippen LogP contribution in [0.2, 0.25) is 0 Å². The van der Waals surface area contributed by atoms with E-state index in [1.165, 1.54) is 16.7 Å². The zero-order valence-electron chi connectivity index (χ0n) is 20.8. The van der Waals surface area contributed by atoms with Crippen LogP contribution in [-0.2, 0) is 11.3 Å². The lowest BCUT2D eigenvalue weighted by Crippen LogP contribution is -2.35. The van der Waals surface area contributed by atoms with Crippen molar-refractivity contribution in [3.63, 3.8) is 0 Å². The van der Waals surface area contributed by atoms with Crippen molar-refractivity contribution in [3.05, 3.63) is 87.0 Å². The quantitative estimate of drug-likeness (QED) is 0.184. The molecule has 4 rings (SSSR count). The molecule has 0 aliphatic carbocycles. The van der Waals surface area contributed by atoms with Gasteiger partial charge in [-0.15, -0.1) is 0 Å². The zero-order valence-corrected chi connectivity index (χ0v) is 20.8. The Morgan fingerprint density at radius 3 is 2.65 bits per heavy atom. The summed E-state index contributed by atoms with van der Waals surface area (Å²) >= 11 is 0. The first-order chi connectivity index (χ1) is 17.6. The van der Waals surface area contributed by atoms with E-state index < -0.39 is 16.6 Å². The molecule has 192 valence electrons. The molecule has 0 aliphatic rings. The Kier molecular flexibility index (Phi) is 7.23. The lowest BCUT2D eigenvalue weighted by atomic mass is 10.1. The number of aromatic amines is 1. The van der Waals surface area contributed by atoms with Crippen molar-refractivity contribution < 1.29 is 14.5 Å². The number of benzene rings is 2. The number of nitro groups is 1. The minimum Gasteiger partial charge on any atom is -0.444 e. The van der Waals surface area contributed by atoms with Crippen LogP contribution in [0.25, 0.3) is 22.0 Å². The van der Waals surface area contributed by atoms with Crippen LogP contribution in [0.15, 0.2) is 65.7 Å². The maximum Gasteiger partial charge on any atom is 0.407 e. The molecule has 0 radical (unpaired) electrons. The highest BCUT2D eigenvalue weighted by atomic mass is 16.6. The third-order valence-electron chi connectivity index (χ3n) is 5.48. The van der Waals surface area contributed by atoms with E-state index in [9.17, 15) is 19.7 Å². The first-order valence-electron chi connectivity index (χ1n) is 11.7. The summed E-state index contributed by atoms with van der Waals surface area (Å²) in [4.78, 5) is 35.5. The Balaban J connectivity index is 1.46. The summed E-state index contributed by atoms with van der Waals surface area (Å²) in [5.74, 6) is 0. The van der Waals surface area contributed by atoms with Crippen molar-refractivity contribution in [3.8, 4) is 11.1 Å². The van der Waals surface area contributed by atoms with Gasteiger partial charge in [0.25, 0.3) is 11.2 Å². The van der Waals surface area contributed by atoms with Crippen molar-refractivity contribution in [2.24, 2.45) is 0 Å². The molecule has 0 aliphatic heterocycles. The van der Waals surface area contributed by atoms with Gasteiger partial charge in [-0.1, -0.05) is 18.2 Å². The van der Waals surface area contributed by atoms with Crippen LogP contribution in [0.1, 0.15) is 26.3 Å². The number of fused-ring (bicyclic) bond motifs is 1. The van der Waals surface area contributed by atoms with E-state index in [4.69, 9.17) is 4.74 Å². The van der Waals surface area contributed by atoms with Gasteiger partial charge in [-0.3, -0.25) is 20.0 Å². The molecule has 4 aromatic rings. The Labute approximate surface area is 212 Å². The Hall–Kier alpha value is -4.67. The van der Waals surface area contributed by atoms with Crippen LogP contribution in [0.5, 0.6) is 0 Å². The number of ether oxygens (including phenoxy) is 1. The normalized spacial score (nSPS) is 11.3. The third-order valence-corrected chi connectivity index (χ3v) is 5.48. The minimum absolute atomic E-state index is 0.122. The molecule has 0 unspecified atom stereocenters. The number of amides is 1. The fourth-order valence-electron chi connectivity index (χ4n) is 3.79. The first-order valence-corrected chi connectivity index (χ1v) is 11.7. The van der Waals surface area contributed by atoms with Gasteiger partial charge in [0.05, 0.1) is 23.2 Å². The first kappa shape index (κ1) is 25.4. The standard InChI is InChI=1S/C26H28N6O5/c1-26(2,3)37-25(34)28-11-10-27-21-8-4-17(12-23(21)32(35)36)15-31-16-20(7-9-24(31)33)18-5-6-19-14-29-30-22(19)13-18/h4-9,12-14,16,27H,10-11,15H2,1-3H3,(H,28,34)(H,29,30). The molecule has 0 fully saturated rings. The van der Waals surface area contributed by atoms with E-state index >= 15 is 0 Å². The third kappa shape index (κ3) is 6.51. The van der Waals surface area contributed by atoms with Crippen LogP contribution in [0.3, 0.4) is 0 Å². The van der Waals surface area contributed by atoms with Crippen LogP contribution >= 0.6 is 0 Å². The van der Waals surface area contributed by atoms with Crippen LogP contribution in [0.4, 0.5) is 16.2 Å². The number of alkyl carbamates (subject to hydrolysis) is 1. The molecular weight excluding hydrogens is 476 g/mol. The summed E-state index contributed by atoms with van der Waals surface area (Å²) in [6.45, 7) is 5.95. The van der Waals surface area contributed by atoms with Crippen molar-refractivity contribution in [2.75, 3.05) is 18.4 Å². The van der Waals surface area contributed by atoms with Crippen LogP contribution < -0.4 is 16.2 Å². The van der Waals surface area contributed by atoms with Crippen molar-refractivity contribution in [2.45, 2.75) is 32.9 Å². The summed E-state index contributed by atoms with van der Waals surface area (Å²) < 4.78 is 6.68. The fourth-order valence-corrected chi connectivity index (χ4v) is 3.79. The molecule has 11 nitrogen and oxygen atoms in total. The number of nitro benzene ring substituents is 1. The lowest BCUT2D eigenvalue weighted by molar-refractivity contribution is -0.384. The second-order valence-corrected chi connectivity index (χ2v) is 9.52. The molecule has 0 saturated carbocycles. The van der Waals surface area contributed by atoms with Gasteiger partial charge in [-0.25, -0.2) is 4.79 Å². The van der Waals surface area contributed by atoms with E-state index in [0.717, 1.165) is 22.0 Å². The van der Waals surface area contributed by atoms with Gasteiger partial charge in [0, 0.05) is 36.8 Å². The zero-order chi connectivity index (χ0) is 26.6. The van der Waals surface area contributed by atoms with Gasteiger partial charge in [0.1, 0.15) is 11.3 Å². The number of nitrogens with one attached hydrogen (secondary N) is 3. The average Bonchev–Trinajstić information content (AvgIpc) is 3.30. The molecule has 0 atom stereocenters. The largest absolute Gasteiger partial charge is 0.444 e. The lowest BCUT2D eigenvalue weighted by Gasteiger charge is -2.19. The summed E-state index contributed by atoms with van der Waals surface area (Å²) in [5, 5.41) is 25.2. The van der Waals surface area contributed by atoms with Crippen LogP contribution in [-0.4, -0.2) is 44.5 Å². The van der Waals surface area contributed by atoms with E-state index in [1.54, 1.807) is 51.4 Å². The molecule has 0 saturated heterocycles. The molecule has 11 heteroatoms. The number of aromatic nitrogens is 3. The number of hydrogen-bond donors (Lipinski definition) is 3. The Bertz CT molecular complexity index is 1500. The minimum atomic E-state index is -0.610. The van der Waals surface area contributed by atoms with E-state index in [1.807, 2.05) is 18.2 Å². The number of anilines is 1. The maximum atomic E-state index is 12.5. The van der Waals surface area contributed by atoms with Gasteiger partial charge < -0.3 is 19.9 Å². The number of nitrogens with zero attached hydrogens (tertiary/aromatic N) is 3. The van der Waals surface area contributed by atoms with Gasteiger partial charge in [-0.05, 0) is 55.7 Å². The monoisotopic (exact) mass is 504 g/mol. The molecule has 37 heavy (non-hydrogen) atoms. The van der Waals surface area contributed by atoms with Gasteiger partial charge in [-0.2, -0.15) is 5.10 Å². The summed E-state index contributed by atoms with van der Waals surface area (Å²) in [7, 11) is 0. The summed E-state index contributed by atoms with van der Waals surface area (Å²) in [6, 6.07) is 13.8. The molecule has 3 N–H and O–H groups in total. The molecule has 2 aromatic heterocycles. The highest BCUT2D eigenvalue weighted by molar-refractivity contribution is 5.83.